The van der Waals surface area contributed by atoms with Gasteiger partial charge in [0.25, 0.3) is 5.91 Å². The highest BCUT2D eigenvalue weighted by molar-refractivity contribution is 5.92. The summed E-state index contributed by atoms with van der Waals surface area (Å²) < 4.78 is 38.9. The summed E-state index contributed by atoms with van der Waals surface area (Å²) in [7, 11) is 1.52. The van der Waals surface area contributed by atoms with Crippen LogP contribution in [-0.2, 0) is 4.79 Å². The number of anilines is 1. The van der Waals surface area contributed by atoms with Crippen molar-refractivity contribution in [2.24, 2.45) is 0 Å². The number of imidazole rings is 1. The molecule has 0 saturated heterocycles. The summed E-state index contributed by atoms with van der Waals surface area (Å²) in [6, 6.07) is 20.3. The second kappa shape index (κ2) is 8.83. The number of alkyl halides is 2. The van der Waals surface area contributed by atoms with Crippen LogP contribution in [-0.4, -0.2) is 29.2 Å². The van der Waals surface area contributed by atoms with E-state index in [2.05, 4.69) is 10.3 Å². The van der Waals surface area contributed by atoms with Gasteiger partial charge in [-0.15, -0.1) is 0 Å². The number of methoxy groups -OCH3 is 1. The molecule has 4 rings (SSSR count). The molecule has 6 nitrogen and oxygen atoms in total. The van der Waals surface area contributed by atoms with Crippen molar-refractivity contribution in [1.82, 2.24) is 9.55 Å². The van der Waals surface area contributed by atoms with Crippen molar-refractivity contribution in [1.29, 1.82) is 0 Å². The average Bonchev–Trinajstić information content (AvgIpc) is 3.18. The maximum Gasteiger partial charge on any atom is 0.320 e. The van der Waals surface area contributed by atoms with Crippen LogP contribution in [0.3, 0.4) is 0 Å². The van der Waals surface area contributed by atoms with E-state index in [0.29, 0.717) is 33.8 Å². The predicted molar refractivity (Wildman–Crippen MR) is 114 cm³/mol. The molecule has 0 saturated carbocycles. The maximum atomic E-state index is 13.6. The fraction of sp³-hybridized carbons (Fsp3) is 0.130. The van der Waals surface area contributed by atoms with E-state index >= 15 is 0 Å². The molecule has 1 aromatic heterocycles. The summed E-state index contributed by atoms with van der Waals surface area (Å²) >= 11 is 0. The average molecular weight is 423 g/mol. The lowest BCUT2D eigenvalue weighted by Crippen LogP contribution is -2.20. The molecule has 158 valence electrons. The van der Waals surface area contributed by atoms with E-state index in [9.17, 15) is 13.6 Å². The molecule has 4 aromatic rings. The van der Waals surface area contributed by atoms with E-state index in [1.54, 1.807) is 72.8 Å². The summed E-state index contributed by atoms with van der Waals surface area (Å²) in [5.74, 6) is 0.787. The Kier molecular flexibility index (Phi) is 5.79. The van der Waals surface area contributed by atoms with Crippen LogP contribution < -0.4 is 14.8 Å². The third-order valence-electron chi connectivity index (χ3n) is 4.65. The minimum atomic E-state index is -2.73. The van der Waals surface area contributed by atoms with E-state index in [-0.39, 0.29) is 18.3 Å². The third-order valence-corrected chi connectivity index (χ3v) is 4.65. The van der Waals surface area contributed by atoms with Crippen LogP contribution in [0, 0.1) is 0 Å². The zero-order chi connectivity index (χ0) is 21.8. The zero-order valence-electron chi connectivity index (χ0n) is 16.6. The second-order valence-corrected chi connectivity index (χ2v) is 6.64. The van der Waals surface area contributed by atoms with Crippen LogP contribution in [0.2, 0.25) is 0 Å². The van der Waals surface area contributed by atoms with E-state index in [1.807, 2.05) is 0 Å². The molecule has 0 aliphatic rings. The molecule has 1 heterocycles. The fourth-order valence-corrected chi connectivity index (χ4v) is 3.23. The number of nitrogens with zero attached hydrogens (tertiary/aromatic N) is 2. The van der Waals surface area contributed by atoms with E-state index in [4.69, 9.17) is 9.47 Å². The van der Waals surface area contributed by atoms with Crippen LogP contribution in [0.1, 0.15) is 6.55 Å². The highest BCUT2D eigenvalue weighted by Gasteiger charge is 2.18. The Bertz CT molecular complexity index is 1210. The van der Waals surface area contributed by atoms with E-state index < -0.39 is 6.55 Å². The molecular weight excluding hydrogens is 404 g/mol. The van der Waals surface area contributed by atoms with Crippen molar-refractivity contribution in [3.8, 4) is 22.9 Å². The molecule has 0 aliphatic heterocycles. The topological polar surface area (TPSA) is 65.4 Å². The Hall–Kier alpha value is -3.94. The standard InChI is InChI=1S/C23H19F2N3O3/c1-30-19-8-4-5-9-20(19)31-14-21(29)26-16-12-10-15(11-13-16)22-27-17-6-2-3-7-18(17)28(22)23(24)25/h2-13,23H,14H2,1H3,(H,26,29). The number of aromatic nitrogens is 2. The Morgan fingerprint density at radius 3 is 2.39 bits per heavy atom. The maximum absolute atomic E-state index is 13.6. The van der Waals surface area contributed by atoms with Gasteiger partial charge in [-0.2, -0.15) is 8.78 Å². The minimum Gasteiger partial charge on any atom is -0.493 e. The first-order chi connectivity index (χ1) is 15.1. The number of carbonyl (C=O) groups is 1. The molecule has 3 aromatic carbocycles. The molecule has 0 fully saturated rings. The van der Waals surface area contributed by atoms with Crippen LogP contribution >= 0.6 is 0 Å². The number of carbonyl (C=O) groups excluding carboxylic acids is 1. The monoisotopic (exact) mass is 423 g/mol. The summed E-state index contributed by atoms with van der Waals surface area (Å²) in [6.45, 7) is -2.93. The van der Waals surface area contributed by atoms with Gasteiger partial charge in [-0.05, 0) is 48.5 Å². The SMILES string of the molecule is COc1ccccc1OCC(=O)Nc1ccc(-c2nc3ccccc3n2C(F)F)cc1. The molecule has 1 N–H and O–H groups in total. The van der Waals surface area contributed by atoms with Crippen LogP contribution in [0.15, 0.2) is 72.8 Å². The Morgan fingerprint density at radius 1 is 1.00 bits per heavy atom. The molecule has 0 bridgehead atoms. The summed E-state index contributed by atoms with van der Waals surface area (Å²) in [5, 5.41) is 2.71. The van der Waals surface area contributed by atoms with Crippen molar-refractivity contribution >= 4 is 22.6 Å². The van der Waals surface area contributed by atoms with Gasteiger partial charge in [-0.1, -0.05) is 24.3 Å². The number of ether oxygens (including phenoxy) is 2. The van der Waals surface area contributed by atoms with Gasteiger partial charge in [0.05, 0.1) is 18.1 Å². The Balaban J connectivity index is 1.47. The number of rotatable bonds is 7. The molecule has 0 aliphatic carbocycles. The van der Waals surface area contributed by atoms with Crippen molar-refractivity contribution in [3.63, 3.8) is 0 Å². The number of amides is 1. The van der Waals surface area contributed by atoms with Crippen molar-refractivity contribution in [2.75, 3.05) is 19.0 Å². The van der Waals surface area contributed by atoms with Crippen LogP contribution in [0.4, 0.5) is 14.5 Å². The van der Waals surface area contributed by atoms with Gasteiger partial charge < -0.3 is 14.8 Å². The van der Waals surface area contributed by atoms with Crippen LogP contribution in [0.5, 0.6) is 11.5 Å². The van der Waals surface area contributed by atoms with Gasteiger partial charge in [0, 0.05) is 11.3 Å². The smallest absolute Gasteiger partial charge is 0.320 e. The molecule has 1 amide bonds. The lowest BCUT2D eigenvalue weighted by molar-refractivity contribution is -0.118. The van der Waals surface area contributed by atoms with Gasteiger partial charge in [0.1, 0.15) is 5.82 Å². The largest absolute Gasteiger partial charge is 0.493 e. The lowest BCUT2D eigenvalue weighted by atomic mass is 10.2. The van der Waals surface area contributed by atoms with E-state index in [0.717, 1.165) is 4.57 Å². The quantitative estimate of drug-likeness (QED) is 0.448. The first kappa shape index (κ1) is 20.3. The minimum absolute atomic E-state index is 0.161. The number of benzene rings is 3. The normalized spacial score (nSPS) is 11.0. The van der Waals surface area contributed by atoms with Gasteiger partial charge in [0.15, 0.2) is 18.1 Å². The highest BCUT2D eigenvalue weighted by Crippen LogP contribution is 2.30. The molecule has 0 radical (unpaired) electrons. The highest BCUT2D eigenvalue weighted by atomic mass is 19.3. The van der Waals surface area contributed by atoms with Gasteiger partial charge in [0.2, 0.25) is 0 Å². The number of para-hydroxylation sites is 4. The molecule has 31 heavy (non-hydrogen) atoms. The molecule has 0 spiro atoms. The number of hydrogen-bond acceptors (Lipinski definition) is 4. The second-order valence-electron chi connectivity index (χ2n) is 6.64. The molecular formula is C23H19F2N3O3. The van der Waals surface area contributed by atoms with Gasteiger partial charge in [-0.25, -0.2) is 4.98 Å². The van der Waals surface area contributed by atoms with Gasteiger partial charge in [-0.3, -0.25) is 9.36 Å². The Labute approximate surface area is 177 Å². The first-order valence-electron chi connectivity index (χ1n) is 9.48. The summed E-state index contributed by atoms with van der Waals surface area (Å²) in [4.78, 5) is 16.5. The zero-order valence-corrected chi connectivity index (χ0v) is 16.6. The first-order valence-corrected chi connectivity index (χ1v) is 9.48. The number of fused-ring (bicyclic) bond motifs is 1. The van der Waals surface area contributed by atoms with Crippen LogP contribution in [0.25, 0.3) is 22.4 Å². The lowest BCUT2D eigenvalue weighted by Gasteiger charge is -2.11. The summed E-state index contributed by atoms with van der Waals surface area (Å²) in [6.07, 6.45) is 0. The van der Waals surface area contributed by atoms with E-state index in [1.165, 1.54) is 7.11 Å². The molecule has 8 heteroatoms. The van der Waals surface area contributed by atoms with Crippen molar-refractivity contribution in [2.45, 2.75) is 6.55 Å². The predicted octanol–water partition coefficient (Wildman–Crippen LogP) is 5.12. The third kappa shape index (κ3) is 4.32. The molecule has 0 unspecified atom stereocenters. The van der Waals surface area contributed by atoms with Crippen molar-refractivity contribution < 1.29 is 23.0 Å². The van der Waals surface area contributed by atoms with Crippen molar-refractivity contribution in [3.05, 3.63) is 72.8 Å². The molecule has 0 atom stereocenters. The fourth-order valence-electron chi connectivity index (χ4n) is 3.23. The number of halogens is 2. The Morgan fingerprint density at radius 2 is 1.68 bits per heavy atom. The summed E-state index contributed by atoms with van der Waals surface area (Å²) in [5.41, 5.74) is 1.87. The number of nitrogens with one attached hydrogen (secondary N) is 1. The number of hydrogen-bond donors (Lipinski definition) is 1. The van der Waals surface area contributed by atoms with Gasteiger partial charge >= 0.3 is 6.55 Å².